The summed E-state index contributed by atoms with van der Waals surface area (Å²) < 4.78 is 13.6. The van der Waals surface area contributed by atoms with Gasteiger partial charge >= 0.3 is 0 Å². The second-order valence-corrected chi connectivity index (χ2v) is 6.03. The molecule has 25 heavy (non-hydrogen) atoms. The van der Waals surface area contributed by atoms with E-state index < -0.39 is 0 Å². The van der Waals surface area contributed by atoms with Crippen LogP contribution in [0.15, 0.2) is 73.1 Å². The highest BCUT2D eigenvalue weighted by Gasteiger charge is 2.27. The van der Waals surface area contributed by atoms with Gasteiger partial charge in [0, 0.05) is 35.9 Å². The Morgan fingerprint density at radius 2 is 1.80 bits per heavy atom. The fraction of sp³-hybridized carbons (Fsp3) is 0.238. The topological polar surface area (TPSA) is 26.6 Å². The van der Waals surface area contributed by atoms with Crippen molar-refractivity contribution >= 4 is 5.69 Å². The number of anilines is 1. The van der Waals surface area contributed by atoms with Crippen LogP contribution in [0.1, 0.15) is 18.7 Å². The van der Waals surface area contributed by atoms with E-state index in [0.29, 0.717) is 6.61 Å². The molecule has 1 aliphatic rings. The predicted molar refractivity (Wildman–Crippen MR) is 99.4 cm³/mol. The minimum atomic E-state index is -0.0358. The Bertz CT molecular complexity index is 811. The Balaban J connectivity index is 1.56. The molecule has 2 aromatic carbocycles. The van der Waals surface area contributed by atoms with Gasteiger partial charge in [-0.1, -0.05) is 18.2 Å². The van der Waals surface area contributed by atoms with Crippen molar-refractivity contribution in [3.63, 3.8) is 0 Å². The quantitative estimate of drug-likeness (QED) is 0.691. The van der Waals surface area contributed by atoms with Crippen molar-refractivity contribution < 1.29 is 9.47 Å². The van der Waals surface area contributed by atoms with E-state index in [9.17, 15) is 0 Å². The van der Waals surface area contributed by atoms with E-state index in [0.717, 1.165) is 30.2 Å². The van der Waals surface area contributed by atoms with Crippen molar-refractivity contribution in [3.8, 4) is 11.4 Å². The average molecular weight is 334 g/mol. The predicted octanol–water partition coefficient (Wildman–Crippen LogP) is 4.41. The number of rotatable bonds is 5. The Kier molecular flexibility index (Phi) is 4.44. The smallest absolute Gasteiger partial charge is 0.158 e. The lowest BCUT2D eigenvalue weighted by atomic mass is 10.2. The summed E-state index contributed by atoms with van der Waals surface area (Å²) in [5.41, 5.74) is 3.47. The maximum Gasteiger partial charge on any atom is 0.158 e. The third-order valence-corrected chi connectivity index (χ3v) is 4.43. The minimum Gasteiger partial charge on any atom is -0.494 e. The third-order valence-electron chi connectivity index (χ3n) is 4.43. The number of hydrogen-bond donors (Lipinski definition) is 0. The first-order chi connectivity index (χ1) is 12.3. The number of ether oxygens (including phenoxy) is 2. The van der Waals surface area contributed by atoms with Gasteiger partial charge in [-0.05, 0) is 49.4 Å². The SMILES string of the molecule is CCOc1ccc(-n2ccc([C@H]3OCCN3c3ccccc3)c2)cc1. The standard InChI is InChI=1S/C21H22N2O2/c1-2-24-20-10-8-18(9-11-20)22-13-12-17(16-22)21-23(14-15-25-21)19-6-4-3-5-7-19/h3-13,16,21H,2,14-15H2,1H3/t21-/m1/s1. The zero-order chi connectivity index (χ0) is 17.1. The monoisotopic (exact) mass is 334 g/mol. The van der Waals surface area contributed by atoms with Gasteiger partial charge in [0.1, 0.15) is 5.75 Å². The van der Waals surface area contributed by atoms with Crippen LogP contribution in [0, 0.1) is 0 Å². The lowest BCUT2D eigenvalue weighted by molar-refractivity contribution is 0.114. The van der Waals surface area contributed by atoms with Crippen LogP contribution < -0.4 is 9.64 Å². The first kappa shape index (κ1) is 15.8. The van der Waals surface area contributed by atoms with E-state index in [1.807, 2.05) is 25.1 Å². The summed E-state index contributed by atoms with van der Waals surface area (Å²) >= 11 is 0. The second-order valence-electron chi connectivity index (χ2n) is 6.03. The van der Waals surface area contributed by atoms with E-state index >= 15 is 0 Å². The molecule has 1 atom stereocenters. The molecule has 0 saturated carbocycles. The van der Waals surface area contributed by atoms with Gasteiger partial charge in [-0.25, -0.2) is 0 Å². The van der Waals surface area contributed by atoms with Gasteiger partial charge in [0.2, 0.25) is 0 Å². The normalized spacial score (nSPS) is 17.0. The summed E-state index contributed by atoms with van der Waals surface area (Å²) in [5, 5.41) is 0. The van der Waals surface area contributed by atoms with Gasteiger partial charge in [-0.15, -0.1) is 0 Å². The molecule has 0 N–H and O–H groups in total. The molecule has 0 amide bonds. The molecular formula is C21H22N2O2. The van der Waals surface area contributed by atoms with Gasteiger partial charge in [0.05, 0.1) is 13.2 Å². The number of aromatic nitrogens is 1. The van der Waals surface area contributed by atoms with E-state index in [2.05, 4.69) is 64.3 Å². The van der Waals surface area contributed by atoms with Crippen LogP contribution in [0.25, 0.3) is 5.69 Å². The fourth-order valence-electron chi connectivity index (χ4n) is 3.23. The Labute approximate surface area is 148 Å². The second kappa shape index (κ2) is 7.03. The molecular weight excluding hydrogens is 312 g/mol. The minimum absolute atomic E-state index is 0.0358. The first-order valence-corrected chi connectivity index (χ1v) is 8.69. The van der Waals surface area contributed by atoms with Crippen LogP contribution in [0.4, 0.5) is 5.69 Å². The van der Waals surface area contributed by atoms with Crippen LogP contribution >= 0.6 is 0 Å². The van der Waals surface area contributed by atoms with Gasteiger partial charge in [0.15, 0.2) is 6.23 Å². The summed E-state index contributed by atoms with van der Waals surface area (Å²) in [5.74, 6) is 0.896. The lowest BCUT2D eigenvalue weighted by Gasteiger charge is -2.24. The van der Waals surface area contributed by atoms with Gasteiger partial charge < -0.3 is 18.9 Å². The number of nitrogens with zero attached hydrogens (tertiary/aromatic N) is 2. The fourth-order valence-corrected chi connectivity index (χ4v) is 3.23. The Morgan fingerprint density at radius 1 is 1.00 bits per heavy atom. The number of benzene rings is 2. The molecule has 0 spiro atoms. The molecule has 0 radical (unpaired) electrons. The van der Waals surface area contributed by atoms with Crippen LogP contribution in [-0.2, 0) is 4.74 Å². The van der Waals surface area contributed by atoms with Crippen LogP contribution in [0.2, 0.25) is 0 Å². The summed E-state index contributed by atoms with van der Waals surface area (Å²) in [6.45, 7) is 4.32. The van der Waals surface area contributed by atoms with Crippen LogP contribution in [-0.4, -0.2) is 24.3 Å². The molecule has 0 unspecified atom stereocenters. The molecule has 2 heterocycles. The van der Waals surface area contributed by atoms with E-state index in [1.165, 1.54) is 5.69 Å². The van der Waals surface area contributed by atoms with Gasteiger partial charge in [-0.2, -0.15) is 0 Å². The maximum atomic E-state index is 6.00. The molecule has 4 heteroatoms. The number of para-hydroxylation sites is 1. The van der Waals surface area contributed by atoms with Crippen molar-refractivity contribution in [1.29, 1.82) is 0 Å². The molecule has 4 nitrogen and oxygen atoms in total. The zero-order valence-electron chi connectivity index (χ0n) is 14.3. The third kappa shape index (κ3) is 3.26. The average Bonchev–Trinajstić information content (AvgIpc) is 3.33. The molecule has 4 rings (SSSR count). The summed E-state index contributed by atoms with van der Waals surface area (Å²) in [4.78, 5) is 2.30. The van der Waals surface area contributed by atoms with Crippen molar-refractivity contribution in [3.05, 3.63) is 78.6 Å². The molecule has 1 fully saturated rings. The van der Waals surface area contributed by atoms with Crippen LogP contribution in [0.5, 0.6) is 5.75 Å². The van der Waals surface area contributed by atoms with Gasteiger partial charge in [-0.3, -0.25) is 0 Å². The zero-order valence-corrected chi connectivity index (χ0v) is 14.3. The lowest BCUT2D eigenvalue weighted by Crippen LogP contribution is -2.22. The van der Waals surface area contributed by atoms with Crippen molar-refractivity contribution in [2.24, 2.45) is 0 Å². The molecule has 1 saturated heterocycles. The summed E-state index contributed by atoms with van der Waals surface area (Å²) in [6.07, 6.45) is 4.18. The largest absolute Gasteiger partial charge is 0.494 e. The highest BCUT2D eigenvalue weighted by molar-refractivity contribution is 5.49. The van der Waals surface area contributed by atoms with E-state index in [4.69, 9.17) is 9.47 Å². The van der Waals surface area contributed by atoms with E-state index in [1.54, 1.807) is 0 Å². The van der Waals surface area contributed by atoms with Crippen molar-refractivity contribution in [2.45, 2.75) is 13.2 Å². The molecule has 128 valence electrons. The van der Waals surface area contributed by atoms with Gasteiger partial charge in [0.25, 0.3) is 0 Å². The first-order valence-electron chi connectivity index (χ1n) is 8.69. The molecule has 0 aliphatic carbocycles. The maximum absolute atomic E-state index is 6.00. The van der Waals surface area contributed by atoms with Crippen molar-refractivity contribution in [1.82, 2.24) is 4.57 Å². The van der Waals surface area contributed by atoms with Crippen LogP contribution in [0.3, 0.4) is 0 Å². The molecule has 1 aliphatic heterocycles. The molecule has 0 bridgehead atoms. The van der Waals surface area contributed by atoms with E-state index in [-0.39, 0.29) is 6.23 Å². The highest BCUT2D eigenvalue weighted by Crippen LogP contribution is 2.32. The van der Waals surface area contributed by atoms with Crippen molar-refractivity contribution in [2.75, 3.05) is 24.7 Å². The summed E-state index contributed by atoms with van der Waals surface area (Å²) in [6, 6.07) is 20.7. The molecule has 1 aromatic heterocycles. The molecule has 3 aromatic rings. The summed E-state index contributed by atoms with van der Waals surface area (Å²) in [7, 11) is 0. The highest BCUT2D eigenvalue weighted by atomic mass is 16.5. The number of hydrogen-bond acceptors (Lipinski definition) is 3. The Morgan fingerprint density at radius 3 is 2.56 bits per heavy atom. The Hall–Kier alpha value is -2.72.